The molecular weight excluding hydrogens is 260 g/mol. The summed E-state index contributed by atoms with van der Waals surface area (Å²) in [6, 6.07) is 0. The van der Waals surface area contributed by atoms with Gasteiger partial charge >= 0.3 is 0 Å². The fourth-order valence-electron chi connectivity index (χ4n) is 3.42. The number of aliphatic hydroxyl groups is 1. The van der Waals surface area contributed by atoms with E-state index in [1.165, 1.54) is 0 Å². The molecule has 1 aromatic rings. The first-order chi connectivity index (χ1) is 9.05. The second-order valence-corrected chi connectivity index (χ2v) is 6.03. The van der Waals surface area contributed by atoms with Gasteiger partial charge in [0.1, 0.15) is 0 Å². The second kappa shape index (κ2) is 5.84. The van der Waals surface area contributed by atoms with Gasteiger partial charge in [-0.1, -0.05) is 38.3 Å². The summed E-state index contributed by atoms with van der Waals surface area (Å²) in [6.07, 6.45) is 5.66. The molecule has 1 heterocycles. The highest BCUT2D eigenvalue weighted by atomic mass is 35.5. The first-order valence-electron chi connectivity index (χ1n) is 7.52. The van der Waals surface area contributed by atoms with Crippen LogP contribution in [0.5, 0.6) is 0 Å². The van der Waals surface area contributed by atoms with Crippen LogP contribution in [0.1, 0.15) is 57.8 Å². The van der Waals surface area contributed by atoms with E-state index in [0.717, 1.165) is 55.1 Å². The lowest BCUT2D eigenvalue weighted by molar-refractivity contribution is -0.000238. The minimum atomic E-state index is -0.587. The Hall–Kier alpha value is -0.540. The quantitative estimate of drug-likeness (QED) is 0.897. The summed E-state index contributed by atoms with van der Waals surface area (Å²) in [6.45, 7) is 7.11. The van der Waals surface area contributed by atoms with E-state index in [-0.39, 0.29) is 0 Å². The predicted molar refractivity (Wildman–Crippen MR) is 78.6 cm³/mol. The van der Waals surface area contributed by atoms with E-state index < -0.39 is 5.60 Å². The van der Waals surface area contributed by atoms with Gasteiger partial charge in [-0.15, -0.1) is 0 Å². The van der Waals surface area contributed by atoms with Gasteiger partial charge in [-0.3, -0.25) is 4.68 Å². The summed E-state index contributed by atoms with van der Waals surface area (Å²) in [7, 11) is 0. The summed E-state index contributed by atoms with van der Waals surface area (Å²) in [5.41, 5.74) is 1.38. The molecule has 0 aromatic carbocycles. The zero-order valence-corrected chi connectivity index (χ0v) is 13.0. The van der Waals surface area contributed by atoms with Crippen LogP contribution >= 0.6 is 11.6 Å². The Morgan fingerprint density at radius 2 is 2.16 bits per heavy atom. The summed E-state index contributed by atoms with van der Waals surface area (Å²) >= 11 is 6.45. The van der Waals surface area contributed by atoms with Crippen LogP contribution in [0.25, 0.3) is 0 Å². The van der Waals surface area contributed by atoms with Crippen molar-refractivity contribution in [1.29, 1.82) is 0 Å². The Bertz CT molecular complexity index is 444. The van der Waals surface area contributed by atoms with E-state index >= 15 is 0 Å². The van der Waals surface area contributed by atoms with E-state index in [1.807, 2.05) is 4.68 Å². The maximum Gasteiger partial charge on any atom is 0.0850 e. The van der Waals surface area contributed by atoms with Crippen LogP contribution in [0.3, 0.4) is 0 Å². The highest BCUT2D eigenvalue weighted by Crippen LogP contribution is 2.41. The topological polar surface area (TPSA) is 38.0 Å². The average molecular weight is 285 g/mol. The molecule has 0 bridgehead atoms. The van der Waals surface area contributed by atoms with E-state index in [0.29, 0.717) is 12.3 Å². The fraction of sp³-hybridized carbons (Fsp3) is 0.800. The van der Waals surface area contributed by atoms with Gasteiger partial charge in [0.2, 0.25) is 0 Å². The van der Waals surface area contributed by atoms with Crippen LogP contribution < -0.4 is 0 Å². The molecule has 0 spiro atoms. The molecule has 4 heteroatoms. The van der Waals surface area contributed by atoms with Crippen LogP contribution in [0.4, 0.5) is 0 Å². The normalized spacial score (nSPS) is 27.1. The summed E-state index contributed by atoms with van der Waals surface area (Å²) in [5.74, 6) is 0.397. The predicted octanol–water partition coefficient (Wildman–Crippen LogP) is 3.60. The zero-order chi connectivity index (χ0) is 14.0. The molecule has 1 fully saturated rings. The molecule has 2 rings (SSSR count). The van der Waals surface area contributed by atoms with Gasteiger partial charge in [0, 0.05) is 13.0 Å². The number of aryl methyl sites for hydroxylation is 2. The van der Waals surface area contributed by atoms with Crippen LogP contribution in [-0.4, -0.2) is 20.5 Å². The molecule has 1 saturated carbocycles. The molecule has 3 nitrogen and oxygen atoms in total. The van der Waals surface area contributed by atoms with Crippen LogP contribution in [0.15, 0.2) is 0 Å². The largest absolute Gasteiger partial charge is 0.389 e. The van der Waals surface area contributed by atoms with Crippen molar-refractivity contribution in [3.63, 3.8) is 0 Å². The molecule has 1 aromatic heterocycles. The lowest BCUT2D eigenvalue weighted by atomic mass is 9.84. The first kappa shape index (κ1) is 14.9. The van der Waals surface area contributed by atoms with E-state index in [1.54, 1.807) is 0 Å². The van der Waals surface area contributed by atoms with Crippen molar-refractivity contribution in [3.05, 3.63) is 16.4 Å². The molecule has 0 amide bonds. The van der Waals surface area contributed by atoms with Crippen molar-refractivity contribution in [1.82, 2.24) is 9.78 Å². The average Bonchev–Trinajstić information content (AvgIpc) is 2.92. The molecule has 0 saturated heterocycles. The molecular formula is C15H25ClN2O. The minimum Gasteiger partial charge on any atom is -0.389 e. The van der Waals surface area contributed by atoms with Gasteiger partial charge in [0.05, 0.1) is 22.0 Å². The standard InChI is InChI=1S/C15H25ClN2O/c1-4-11-8-7-9-15(11,19)10-13-14(16)12(5-2)17-18(13)6-3/h11,19H,4-10H2,1-3H3. The van der Waals surface area contributed by atoms with Crippen LogP contribution in [0, 0.1) is 5.92 Å². The lowest BCUT2D eigenvalue weighted by Crippen LogP contribution is -2.36. The molecule has 1 aliphatic carbocycles. The second-order valence-electron chi connectivity index (χ2n) is 5.65. The van der Waals surface area contributed by atoms with Gasteiger partial charge in [-0.05, 0) is 32.1 Å². The molecule has 2 unspecified atom stereocenters. The van der Waals surface area contributed by atoms with Crippen molar-refractivity contribution in [2.45, 2.75) is 71.4 Å². The number of nitrogens with zero attached hydrogens (tertiary/aromatic N) is 2. The molecule has 2 atom stereocenters. The lowest BCUT2D eigenvalue weighted by Gasteiger charge is -2.29. The van der Waals surface area contributed by atoms with Crippen molar-refractivity contribution in [2.24, 2.45) is 5.92 Å². The summed E-state index contributed by atoms with van der Waals surface area (Å²) < 4.78 is 1.96. The number of halogens is 1. The van der Waals surface area contributed by atoms with E-state index in [2.05, 4.69) is 25.9 Å². The first-order valence-corrected chi connectivity index (χ1v) is 7.89. The Kier molecular flexibility index (Phi) is 4.57. The number of hydrogen-bond acceptors (Lipinski definition) is 2. The number of hydrogen-bond donors (Lipinski definition) is 1. The molecule has 1 N–H and O–H groups in total. The third-order valence-corrected chi connectivity index (χ3v) is 5.02. The van der Waals surface area contributed by atoms with Crippen molar-refractivity contribution in [2.75, 3.05) is 0 Å². The molecule has 0 aliphatic heterocycles. The number of rotatable bonds is 5. The SMILES string of the molecule is CCc1nn(CC)c(CC2(O)CCCC2CC)c1Cl. The van der Waals surface area contributed by atoms with E-state index in [4.69, 9.17) is 11.6 Å². The van der Waals surface area contributed by atoms with Crippen molar-refractivity contribution >= 4 is 11.6 Å². The minimum absolute atomic E-state index is 0.397. The van der Waals surface area contributed by atoms with Gasteiger partial charge < -0.3 is 5.11 Å². The van der Waals surface area contributed by atoms with Crippen molar-refractivity contribution in [3.8, 4) is 0 Å². The fourth-order valence-corrected chi connectivity index (χ4v) is 3.76. The summed E-state index contributed by atoms with van der Waals surface area (Å²) in [4.78, 5) is 0. The monoisotopic (exact) mass is 284 g/mol. The van der Waals surface area contributed by atoms with Crippen molar-refractivity contribution < 1.29 is 5.11 Å². The van der Waals surface area contributed by atoms with Gasteiger partial charge in [-0.25, -0.2) is 0 Å². The van der Waals surface area contributed by atoms with Gasteiger partial charge in [-0.2, -0.15) is 5.10 Å². The molecule has 1 aliphatic rings. The maximum absolute atomic E-state index is 10.9. The number of aromatic nitrogens is 2. The van der Waals surface area contributed by atoms with Crippen LogP contribution in [-0.2, 0) is 19.4 Å². The molecule has 108 valence electrons. The van der Waals surface area contributed by atoms with E-state index in [9.17, 15) is 5.11 Å². The Labute approximate surface area is 121 Å². The third kappa shape index (κ3) is 2.68. The highest BCUT2D eigenvalue weighted by Gasteiger charge is 2.41. The molecule has 19 heavy (non-hydrogen) atoms. The Morgan fingerprint density at radius 1 is 1.42 bits per heavy atom. The van der Waals surface area contributed by atoms with Gasteiger partial charge in [0.15, 0.2) is 0 Å². The van der Waals surface area contributed by atoms with Gasteiger partial charge in [0.25, 0.3) is 0 Å². The van der Waals surface area contributed by atoms with Crippen LogP contribution in [0.2, 0.25) is 5.02 Å². The molecule has 0 radical (unpaired) electrons. The Balaban J connectivity index is 2.30. The zero-order valence-electron chi connectivity index (χ0n) is 12.2. The Morgan fingerprint density at radius 3 is 2.74 bits per heavy atom. The smallest absolute Gasteiger partial charge is 0.0850 e. The highest BCUT2D eigenvalue weighted by molar-refractivity contribution is 6.31. The summed E-state index contributed by atoms with van der Waals surface area (Å²) in [5, 5.41) is 16.2. The third-order valence-electron chi connectivity index (χ3n) is 4.58. The maximum atomic E-state index is 10.9.